The quantitative estimate of drug-likeness (QED) is 0.506. The normalized spacial score (nSPS) is 24.5. The molecule has 0 atom stereocenters. The van der Waals surface area contributed by atoms with E-state index in [9.17, 15) is 9.59 Å². The molecule has 1 saturated carbocycles. The maximum Gasteiger partial charge on any atom is 0.410 e. The fourth-order valence-corrected chi connectivity index (χ4v) is 5.89. The van der Waals surface area contributed by atoms with Crippen molar-refractivity contribution in [1.29, 1.82) is 0 Å². The van der Waals surface area contributed by atoms with Gasteiger partial charge in [0.25, 0.3) is 0 Å². The van der Waals surface area contributed by atoms with Crippen LogP contribution in [0.4, 0.5) is 4.79 Å². The molecule has 0 radical (unpaired) electrons. The van der Waals surface area contributed by atoms with E-state index < -0.39 is 5.60 Å². The number of aromatic nitrogens is 2. The molecule has 2 amide bonds. The zero-order valence-electron chi connectivity index (χ0n) is 20.3. The SMILES string of the molecule is CC(=O)N1CCc2c(c(I)nn2C2CCC(OC3CCN(C(=O)OC(C)(C)C)CC3)CC2)C1. The van der Waals surface area contributed by atoms with E-state index in [4.69, 9.17) is 14.6 Å². The summed E-state index contributed by atoms with van der Waals surface area (Å²) in [5.41, 5.74) is 2.09. The summed E-state index contributed by atoms with van der Waals surface area (Å²) < 4.78 is 15.2. The van der Waals surface area contributed by atoms with Gasteiger partial charge in [-0.2, -0.15) is 5.10 Å². The van der Waals surface area contributed by atoms with E-state index in [1.165, 1.54) is 11.3 Å². The number of nitrogens with zero attached hydrogens (tertiary/aromatic N) is 4. The maximum absolute atomic E-state index is 12.3. The molecule has 2 aliphatic heterocycles. The molecule has 33 heavy (non-hydrogen) atoms. The topological polar surface area (TPSA) is 76.9 Å². The fourth-order valence-electron chi connectivity index (χ4n) is 5.18. The van der Waals surface area contributed by atoms with Crippen molar-refractivity contribution >= 4 is 34.6 Å². The van der Waals surface area contributed by atoms with Crippen LogP contribution >= 0.6 is 22.6 Å². The van der Waals surface area contributed by atoms with Crippen LogP contribution in [0, 0.1) is 3.70 Å². The number of hydrogen-bond donors (Lipinski definition) is 0. The zero-order valence-corrected chi connectivity index (χ0v) is 22.5. The van der Waals surface area contributed by atoms with E-state index in [1.54, 1.807) is 11.8 Å². The molecular weight excluding hydrogens is 535 g/mol. The lowest BCUT2D eigenvalue weighted by Crippen LogP contribution is -2.44. The van der Waals surface area contributed by atoms with Crippen LogP contribution in [-0.4, -0.2) is 69.0 Å². The number of fused-ring (bicyclic) bond motifs is 1. The Morgan fingerprint density at radius 1 is 0.970 bits per heavy atom. The number of hydrogen-bond acceptors (Lipinski definition) is 5. The molecule has 2 fully saturated rings. The number of carbonyl (C=O) groups is 2. The third kappa shape index (κ3) is 6.01. The molecule has 3 aliphatic rings. The summed E-state index contributed by atoms with van der Waals surface area (Å²) in [6.07, 6.45) is 7.16. The van der Waals surface area contributed by atoms with Gasteiger partial charge in [-0.3, -0.25) is 9.48 Å². The number of likely N-dealkylation sites (tertiary alicyclic amines) is 1. The zero-order chi connectivity index (χ0) is 23.8. The van der Waals surface area contributed by atoms with Gasteiger partial charge in [0.05, 0.1) is 24.8 Å². The van der Waals surface area contributed by atoms with Gasteiger partial charge in [0.1, 0.15) is 9.30 Å². The first-order chi connectivity index (χ1) is 15.6. The van der Waals surface area contributed by atoms with Gasteiger partial charge in [0.2, 0.25) is 5.91 Å². The summed E-state index contributed by atoms with van der Waals surface area (Å²) in [4.78, 5) is 27.8. The highest BCUT2D eigenvalue weighted by molar-refractivity contribution is 14.1. The molecular formula is C24H37IN4O4. The van der Waals surface area contributed by atoms with Crippen molar-refractivity contribution in [2.45, 2.75) is 103 Å². The van der Waals surface area contributed by atoms with Crippen LogP contribution in [0.3, 0.4) is 0 Å². The smallest absolute Gasteiger partial charge is 0.410 e. The molecule has 1 aliphatic carbocycles. The van der Waals surface area contributed by atoms with Crippen LogP contribution in [0.15, 0.2) is 0 Å². The number of piperidine rings is 1. The van der Waals surface area contributed by atoms with E-state index in [2.05, 4.69) is 27.3 Å². The Hall–Kier alpha value is -1.36. The number of halogens is 1. The monoisotopic (exact) mass is 572 g/mol. The second-order valence-electron chi connectivity index (χ2n) is 10.6. The Morgan fingerprint density at radius 2 is 1.61 bits per heavy atom. The van der Waals surface area contributed by atoms with Crippen molar-refractivity contribution in [2.75, 3.05) is 19.6 Å². The molecule has 1 aromatic heterocycles. The molecule has 0 unspecified atom stereocenters. The fraction of sp³-hybridized carbons (Fsp3) is 0.792. The van der Waals surface area contributed by atoms with Crippen LogP contribution in [0.1, 0.15) is 83.5 Å². The van der Waals surface area contributed by atoms with E-state index >= 15 is 0 Å². The third-order valence-corrected chi connectivity index (χ3v) is 7.82. The number of amides is 2. The van der Waals surface area contributed by atoms with E-state index in [0.717, 1.165) is 55.2 Å². The molecule has 9 heteroatoms. The van der Waals surface area contributed by atoms with Gasteiger partial charge in [-0.15, -0.1) is 0 Å². The predicted molar refractivity (Wildman–Crippen MR) is 133 cm³/mol. The molecule has 0 N–H and O–H groups in total. The highest BCUT2D eigenvalue weighted by Gasteiger charge is 2.33. The molecule has 3 heterocycles. The van der Waals surface area contributed by atoms with Crippen molar-refractivity contribution < 1.29 is 19.1 Å². The first-order valence-electron chi connectivity index (χ1n) is 12.3. The Kier molecular flexibility index (Phi) is 7.57. The molecule has 1 aromatic rings. The summed E-state index contributed by atoms with van der Waals surface area (Å²) in [6.45, 7) is 10.2. The third-order valence-electron chi connectivity index (χ3n) is 6.95. The second-order valence-corrected chi connectivity index (χ2v) is 11.6. The minimum Gasteiger partial charge on any atom is -0.444 e. The van der Waals surface area contributed by atoms with Crippen LogP contribution in [-0.2, 0) is 27.2 Å². The first kappa shape index (κ1) is 24.8. The Labute approximate surface area is 210 Å². The van der Waals surface area contributed by atoms with Crippen LogP contribution in [0.5, 0.6) is 0 Å². The van der Waals surface area contributed by atoms with Gasteiger partial charge >= 0.3 is 6.09 Å². The Morgan fingerprint density at radius 3 is 2.21 bits per heavy atom. The summed E-state index contributed by atoms with van der Waals surface area (Å²) in [7, 11) is 0. The van der Waals surface area contributed by atoms with Gasteiger partial charge in [0.15, 0.2) is 0 Å². The Balaban J connectivity index is 1.25. The average molecular weight is 572 g/mol. The highest BCUT2D eigenvalue weighted by atomic mass is 127. The van der Waals surface area contributed by atoms with Crippen molar-refractivity contribution in [1.82, 2.24) is 19.6 Å². The van der Waals surface area contributed by atoms with E-state index in [-0.39, 0.29) is 24.2 Å². The van der Waals surface area contributed by atoms with Gasteiger partial charge in [0, 0.05) is 44.2 Å². The van der Waals surface area contributed by atoms with Crippen LogP contribution < -0.4 is 0 Å². The minimum atomic E-state index is -0.457. The standard InChI is InChI=1S/C24H37IN4O4/c1-16(30)28-14-11-21-20(15-28)22(25)26-29(21)17-5-7-18(8-6-17)32-19-9-12-27(13-10-19)23(31)33-24(2,3)4/h17-19H,5-15H2,1-4H3. The lowest BCUT2D eigenvalue weighted by atomic mass is 9.92. The van der Waals surface area contributed by atoms with Gasteiger partial charge < -0.3 is 19.3 Å². The minimum absolute atomic E-state index is 0.138. The molecule has 1 saturated heterocycles. The summed E-state index contributed by atoms with van der Waals surface area (Å²) in [5.74, 6) is 0.138. The molecule has 0 aromatic carbocycles. The molecule has 4 rings (SSSR count). The molecule has 184 valence electrons. The van der Waals surface area contributed by atoms with E-state index in [1.807, 2.05) is 25.7 Å². The number of carbonyl (C=O) groups excluding carboxylic acids is 2. The van der Waals surface area contributed by atoms with Crippen molar-refractivity contribution in [3.63, 3.8) is 0 Å². The maximum atomic E-state index is 12.3. The molecule has 0 bridgehead atoms. The summed E-state index contributed by atoms with van der Waals surface area (Å²) in [6, 6.07) is 0.417. The summed E-state index contributed by atoms with van der Waals surface area (Å²) >= 11 is 2.32. The molecule has 0 spiro atoms. The van der Waals surface area contributed by atoms with Gasteiger partial charge in [-0.1, -0.05) is 0 Å². The van der Waals surface area contributed by atoms with Crippen LogP contribution in [0.25, 0.3) is 0 Å². The average Bonchev–Trinajstić information content (AvgIpc) is 3.09. The summed E-state index contributed by atoms with van der Waals surface area (Å²) in [5, 5.41) is 4.88. The lowest BCUT2D eigenvalue weighted by molar-refractivity contribution is -0.129. The van der Waals surface area contributed by atoms with Crippen molar-refractivity contribution in [3.05, 3.63) is 15.0 Å². The van der Waals surface area contributed by atoms with Gasteiger partial charge in [-0.05, 0) is 81.9 Å². The first-order valence-corrected chi connectivity index (χ1v) is 13.3. The largest absolute Gasteiger partial charge is 0.444 e. The van der Waals surface area contributed by atoms with Crippen LogP contribution in [0.2, 0.25) is 0 Å². The van der Waals surface area contributed by atoms with Crippen molar-refractivity contribution in [2.24, 2.45) is 0 Å². The Bertz CT molecular complexity index is 865. The van der Waals surface area contributed by atoms with E-state index in [0.29, 0.717) is 25.7 Å². The number of rotatable bonds is 3. The molecule has 8 nitrogen and oxygen atoms in total. The van der Waals surface area contributed by atoms with Crippen molar-refractivity contribution in [3.8, 4) is 0 Å². The second kappa shape index (κ2) is 10.1. The lowest BCUT2D eigenvalue weighted by Gasteiger charge is -2.37. The van der Waals surface area contributed by atoms with Gasteiger partial charge in [-0.25, -0.2) is 4.79 Å². The highest BCUT2D eigenvalue weighted by Crippen LogP contribution is 2.35. The predicted octanol–water partition coefficient (Wildman–Crippen LogP) is 4.29. The number of ether oxygens (including phenoxy) is 2.